The van der Waals surface area contributed by atoms with Gasteiger partial charge in [0, 0.05) is 41.0 Å². The fraction of sp³-hybridized carbons (Fsp3) is 0.136. The topological polar surface area (TPSA) is 64.0 Å². The molecule has 2 aromatic carbocycles. The highest BCUT2D eigenvalue weighted by molar-refractivity contribution is 7.15. The number of thiazole rings is 1. The Kier molecular flexibility index (Phi) is 5.79. The van der Waals surface area contributed by atoms with Gasteiger partial charge in [0.05, 0.1) is 16.6 Å². The third-order valence-corrected chi connectivity index (χ3v) is 6.19. The van der Waals surface area contributed by atoms with Crippen molar-refractivity contribution in [2.24, 2.45) is 7.05 Å². The molecule has 1 amide bonds. The standard InChI is InChI=1S/C22H15ClF3N3O2S/c1-29-18-5-3-2-4-15(18)16(10-19(29)30)20(31)28-21-27-11-14(32-21)9-12-8-13(22(24,25)26)6-7-17(12)23/h2-8,10-11H,9H2,1H3,(H,27,28,31). The quantitative estimate of drug-likeness (QED) is 0.421. The van der Waals surface area contributed by atoms with Gasteiger partial charge in [-0.3, -0.25) is 14.9 Å². The van der Waals surface area contributed by atoms with Crippen molar-refractivity contribution in [3.8, 4) is 0 Å². The number of aryl methyl sites for hydroxylation is 1. The Morgan fingerprint density at radius 2 is 1.94 bits per heavy atom. The lowest BCUT2D eigenvalue weighted by molar-refractivity contribution is -0.137. The maximum absolute atomic E-state index is 13.0. The highest BCUT2D eigenvalue weighted by atomic mass is 35.5. The number of aromatic nitrogens is 2. The van der Waals surface area contributed by atoms with Gasteiger partial charge >= 0.3 is 6.18 Å². The molecule has 0 spiro atoms. The van der Waals surface area contributed by atoms with Gasteiger partial charge in [0.1, 0.15) is 0 Å². The van der Waals surface area contributed by atoms with Gasteiger partial charge in [-0.1, -0.05) is 29.8 Å². The Morgan fingerprint density at radius 1 is 1.19 bits per heavy atom. The number of benzene rings is 2. The largest absolute Gasteiger partial charge is 0.416 e. The summed E-state index contributed by atoms with van der Waals surface area (Å²) < 4.78 is 40.4. The number of fused-ring (bicyclic) bond motifs is 1. The van der Waals surface area contributed by atoms with E-state index in [4.69, 9.17) is 11.6 Å². The van der Waals surface area contributed by atoms with Crippen LogP contribution in [0.3, 0.4) is 0 Å². The number of carbonyl (C=O) groups excluding carboxylic acids is 1. The first-order valence-electron chi connectivity index (χ1n) is 9.34. The van der Waals surface area contributed by atoms with E-state index in [0.717, 1.165) is 23.5 Å². The molecular formula is C22H15ClF3N3O2S. The number of para-hydroxylation sites is 1. The van der Waals surface area contributed by atoms with Crippen LogP contribution >= 0.6 is 22.9 Å². The second-order valence-corrected chi connectivity index (χ2v) is 8.56. The van der Waals surface area contributed by atoms with Crippen LogP contribution in [0.1, 0.15) is 26.4 Å². The first-order chi connectivity index (χ1) is 15.1. The first-order valence-corrected chi connectivity index (χ1v) is 10.5. The van der Waals surface area contributed by atoms with Gasteiger partial charge in [0.25, 0.3) is 11.5 Å². The molecule has 10 heteroatoms. The molecular weight excluding hydrogens is 463 g/mol. The molecule has 164 valence electrons. The van der Waals surface area contributed by atoms with Crippen molar-refractivity contribution in [1.29, 1.82) is 0 Å². The summed E-state index contributed by atoms with van der Waals surface area (Å²) in [7, 11) is 1.62. The van der Waals surface area contributed by atoms with Crippen LogP contribution in [-0.2, 0) is 19.6 Å². The number of rotatable bonds is 4. The molecule has 0 saturated carbocycles. The summed E-state index contributed by atoms with van der Waals surface area (Å²) >= 11 is 7.19. The van der Waals surface area contributed by atoms with E-state index >= 15 is 0 Å². The van der Waals surface area contributed by atoms with Crippen molar-refractivity contribution in [2.75, 3.05) is 5.32 Å². The van der Waals surface area contributed by atoms with Gasteiger partial charge in [0.2, 0.25) is 0 Å². The number of halogens is 4. The molecule has 0 aliphatic rings. The molecule has 2 aromatic heterocycles. The number of pyridine rings is 1. The number of amides is 1. The number of carbonyl (C=O) groups is 1. The maximum atomic E-state index is 13.0. The van der Waals surface area contributed by atoms with E-state index in [9.17, 15) is 22.8 Å². The first kappa shape index (κ1) is 22.0. The van der Waals surface area contributed by atoms with Crippen LogP contribution in [0.5, 0.6) is 0 Å². The van der Waals surface area contributed by atoms with E-state index < -0.39 is 17.6 Å². The van der Waals surface area contributed by atoms with Crippen LogP contribution in [0.2, 0.25) is 5.02 Å². The van der Waals surface area contributed by atoms with E-state index in [1.807, 2.05) is 0 Å². The highest BCUT2D eigenvalue weighted by Crippen LogP contribution is 2.33. The molecule has 0 saturated heterocycles. The van der Waals surface area contributed by atoms with Crippen molar-refractivity contribution in [1.82, 2.24) is 9.55 Å². The summed E-state index contributed by atoms with van der Waals surface area (Å²) in [6, 6.07) is 11.4. The van der Waals surface area contributed by atoms with Crippen molar-refractivity contribution < 1.29 is 18.0 Å². The van der Waals surface area contributed by atoms with E-state index in [1.54, 1.807) is 31.3 Å². The summed E-state index contributed by atoms with van der Waals surface area (Å²) in [5.41, 5.74) is 0.0199. The Labute approximate surface area is 189 Å². The molecule has 1 N–H and O–H groups in total. The van der Waals surface area contributed by atoms with E-state index in [1.165, 1.54) is 22.9 Å². The Balaban J connectivity index is 1.57. The van der Waals surface area contributed by atoms with E-state index in [-0.39, 0.29) is 27.7 Å². The maximum Gasteiger partial charge on any atom is 0.416 e. The second-order valence-electron chi connectivity index (χ2n) is 7.04. The fourth-order valence-corrected chi connectivity index (χ4v) is 4.30. The van der Waals surface area contributed by atoms with E-state index in [0.29, 0.717) is 21.3 Å². The fourth-order valence-electron chi connectivity index (χ4n) is 3.28. The molecule has 0 bridgehead atoms. The summed E-state index contributed by atoms with van der Waals surface area (Å²) in [6.07, 6.45) is -2.87. The molecule has 4 aromatic rings. The average Bonchev–Trinajstić information content (AvgIpc) is 3.18. The Morgan fingerprint density at radius 3 is 2.69 bits per heavy atom. The lowest BCUT2D eigenvalue weighted by Gasteiger charge is -2.10. The number of anilines is 1. The number of nitrogens with one attached hydrogen (secondary N) is 1. The molecule has 32 heavy (non-hydrogen) atoms. The van der Waals surface area contributed by atoms with Gasteiger partial charge < -0.3 is 4.57 Å². The van der Waals surface area contributed by atoms with Crippen molar-refractivity contribution in [2.45, 2.75) is 12.6 Å². The summed E-state index contributed by atoms with van der Waals surface area (Å²) in [4.78, 5) is 29.8. The summed E-state index contributed by atoms with van der Waals surface area (Å²) in [5, 5.41) is 3.75. The number of alkyl halides is 3. The van der Waals surface area contributed by atoms with Crippen LogP contribution in [0.4, 0.5) is 18.3 Å². The minimum Gasteiger partial charge on any atom is -0.311 e. The van der Waals surface area contributed by atoms with Crippen LogP contribution in [0, 0.1) is 0 Å². The smallest absolute Gasteiger partial charge is 0.311 e. The van der Waals surface area contributed by atoms with Crippen LogP contribution in [-0.4, -0.2) is 15.5 Å². The van der Waals surface area contributed by atoms with Crippen LogP contribution in [0.25, 0.3) is 10.9 Å². The molecule has 0 unspecified atom stereocenters. The minimum atomic E-state index is -4.47. The lowest BCUT2D eigenvalue weighted by Crippen LogP contribution is -2.21. The summed E-state index contributed by atoms with van der Waals surface area (Å²) in [5.74, 6) is -0.503. The zero-order valence-electron chi connectivity index (χ0n) is 16.5. The highest BCUT2D eigenvalue weighted by Gasteiger charge is 2.31. The molecule has 0 atom stereocenters. The predicted molar refractivity (Wildman–Crippen MR) is 119 cm³/mol. The number of hydrogen-bond donors (Lipinski definition) is 1. The van der Waals surface area contributed by atoms with Crippen LogP contribution in [0.15, 0.2) is 59.5 Å². The molecule has 0 radical (unpaired) electrons. The van der Waals surface area contributed by atoms with Crippen LogP contribution < -0.4 is 10.9 Å². The molecule has 0 aliphatic carbocycles. The Bertz CT molecular complexity index is 1400. The normalized spacial score (nSPS) is 11.7. The van der Waals surface area contributed by atoms with E-state index in [2.05, 4.69) is 10.3 Å². The third kappa shape index (κ3) is 4.39. The minimum absolute atomic E-state index is 0.130. The monoisotopic (exact) mass is 477 g/mol. The van der Waals surface area contributed by atoms with Gasteiger partial charge in [-0.15, -0.1) is 11.3 Å². The predicted octanol–water partition coefficient (Wildman–Crippen LogP) is 5.51. The third-order valence-electron chi connectivity index (χ3n) is 4.91. The van der Waals surface area contributed by atoms with Gasteiger partial charge in [0.15, 0.2) is 5.13 Å². The van der Waals surface area contributed by atoms with Crippen molar-refractivity contribution in [3.05, 3.63) is 91.7 Å². The average molecular weight is 478 g/mol. The van der Waals surface area contributed by atoms with Gasteiger partial charge in [-0.2, -0.15) is 13.2 Å². The van der Waals surface area contributed by atoms with Crippen molar-refractivity contribution in [3.63, 3.8) is 0 Å². The molecule has 2 heterocycles. The Hall–Kier alpha value is -3.17. The SMILES string of the molecule is Cn1c(=O)cc(C(=O)Nc2ncc(Cc3cc(C(F)(F)F)ccc3Cl)s2)c2ccccc21. The number of nitrogens with zero attached hydrogens (tertiary/aromatic N) is 2. The molecule has 5 nitrogen and oxygen atoms in total. The summed E-state index contributed by atoms with van der Waals surface area (Å²) in [6.45, 7) is 0. The molecule has 0 aliphatic heterocycles. The lowest BCUT2D eigenvalue weighted by atomic mass is 10.1. The zero-order chi connectivity index (χ0) is 23.0. The molecule has 0 fully saturated rings. The second kappa shape index (κ2) is 8.40. The van der Waals surface area contributed by atoms with Gasteiger partial charge in [-0.25, -0.2) is 4.98 Å². The number of hydrogen-bond acceptors (Lipinski definition) is 4. The van der Waals surface area contributed by atoms with Crippen molar-refractivity contribution >= 4 is 44.9 Å². The van der Waals surface area contributed by atoms with Gasteiger partial charge in [-0.05, 0) is 29.8 Å². The molecule has 4 rings (SSSR count). The zero-order valence-corrected chi connectivity index (χ0v) is 18.1.